The molecule has 3 amide bonds. The molecule has 1 heterocycles. The van der Waals surface area contributed by atoms with Gasteiger partial charge in [-0.2, -0.15) is 0 Å². The fraction of sp³-hybridized carbons (Fsp3) is 0.615. The van der Waals surface area contributed by atoms with Gasteiger partial charge in [-0.3, -0.25) is 19.3 Å². The van der Waals surface area contributed by atoms with E-state index in [1.54, 1.807) is 0 Å². The summed E-state index contributed by atoms with van der Waals surface area (Å²) in [7, 11) is 0. The third-order valence-corrected chi connectivity index (χ3v) is 3.35. The molecule has 1 saturated heterocycles. The third-order valence-electron chi connectivity index (χ3n) is 3.35. The van der Waals surface area contributed by atoms with Crippen molar-refractivity contribution < 1.29 is 14.4 Å². The van der Waals surface area contributed by atoms with E-state index in [1.807, 2.05) is 26.0 Å². The number of nitrogens with zero attached hydrogens (tertiary/aromatic N) is 1. The molecule has 0 radical (unpaired) electrons. The van der Waals surface area contributed by atoms with E-state index in [-0.39, 0.29) is 42.1 Å². The van der Waals surface area contributed by atoms with E-state index < -0.39 is 0 Å². The lowest BCUT2D eigenvalue weighted by Gasteiger charge is -2.15. The topological polar surface area (TPSA) is 66.5 Å². The molecule has 2 aliphatic rings. The Morgan fingerprint density at radius 1 is 1.28 bits per heavy atom. The summed E-state index contributed by atoms with van der Waals surface area (Å²) in [5.41, 5.74) is 0. The van der Waals surface area contributed by atoms with Crippen LogP contribution in [0.5, 0.6) is 0 Å². The number of hydrogen-bond acceptors (Lipinski definition) is 3. The highest BCUT2D eigenvalue weighted by Gasteiger charge is 2.47. The minimum atomic E-state index is -0.279. The predicted octanol–water partition coefficient (Wildman–Crippen LogP) is 0.462. The normalized spacial score (nSPS) is 26.7. The van der Waals surface area contributed by atoms with Gasteiger partial charge in [-0.25, -0.2) is 0 Å². The second kappa shape index (κ2) is 4.92. The lowest BCUT2D eigenvalue weighted by molar-refractivity contribution is -0.143. The first-order valence-electron chi connectivity index (χ1n) is 6.30. The summed E-state index contributed by atoms with van der Waals surface area (Å²) >= 11 is 0. The lowest BCUT2D eigenvalue weighted by atomic mass is 9.85. The van der Waals surface area contributed by atoms with Crippen molar-refractivity contribution in [1.82, 2.24) is 10.2 Å². The molecule has 98 valence electrons. The maximum absolute atomic E-state index is 12.1. The molecule has 1 N–H and O–H groups in total. The number of imide groups is 1. The highest BCUT2D eigenvalue weighted by Crippen LogP contribution is 2.34. The molecule has 1 aliphatic heterocycles. The van der Waals surface area contributed by atoms with Gasteiger partial charge in [0.25, 0.3) is 0 Å². The van der Waals surface area contributed by atoms with Crippen molar-refractivity contribution in [1.29, 1.82) is 0 Å². The van der Waals surface area contributed by atoms with E-state index >= 15 is 0 Å². The lowest BCUT2D eigenvalue weighted by Crippen LogP contribution is -2.43. The zero-order valence-corrected chi connectivity index (χ0v) is 10.7. The fourth-order valence-electron chi connectivity index (χ4n) is 2.54. The van der Waals surface area contributed by atoms with Crippen LogP contribution in [0.3, 0.4) is 0 Å². The Bertz CT molecular complexity index is 388. The highest BCUT2D eigenvalue weighted by molar-refractivity contribution is 6.07. The molecular formula is C13H18N2O3. The van der Waals surface area contributed by atoms with Crippen molar-refractivity contribution in [2.75, 3.05) is 6.54 Å². The van der Waals surface area contributed by atoms with Crippen LogP contribution in [0.4, 0.5) is 0 Å². The van der Waals surface area contributed by atoms with Crippen LogP contribution < -0.4 is 5.32 Å². The van der Waals surface area contributed by atoms with Crippen LogP contribution in [0.15, 0.2) is 12.2 Å². The molecular weight excluding hydrogens is 232 g/mol. The summed E-state index contributed by atoms with van der Waals surface area (Å²) in [5, 5.41) is 2.69. The van der Waals surface area contributed by atoms with Gasteiger partial charge < -0.3 is 5.32 Å². The summed E-state index contributed by atoms with van der Waals surface area (Å²) in [4.78, 5) is 36.9. The number of likely N-dealkylation sites (tertiary alicyclic amines) is 1. The second-order valence-electron chi connectivity index (χ2n) is 5.14. The SMILES string of the molecule is CC(C)NC(=O)CN1C(=O)[C@H]2CC=CC[C@H]2C1=O. The Hall–Kier alpha value is -1.65. The van der Waals surface area contributed by atoms with Gasteiger partial charge >= 0.3 is 0 Å². The van der Waals surface area contributed by atoms with Gasteiger partial charge in [-0.1, -0.05) is 12.2 Å². The molecule has 0 saturated carbocycles. The molecule has 2 atom stereocenters. The van der Waals surface area contributed by atoms with Crippen LogP contribution in [-0.4, -0.2) is 35.2 Å². The van der Waals surface area contributed by atoms with E-state index in [2.05, 4.69) is 5.32 Å². The summed E-state index contributed by atoms with van der Waals surface area (Å²) < 4.78 is 0. The maximum atomic E-state index is 12.1. The van der Waals surface area contributed by atoms with Gasteiger partial charge in [0.05, 0.1) is 11.8 Å². The van der Waals surface area contributed by atoms with Gasteiger partial charge in [0, 0.05) is 6.04 Å². The first kappa shape index (κ1) is 12.8. The average Bonchev–Trinajstić information content (AvgIpc) is 2.54. The number of hydrogen-bond donors (Lipinski definition) is 1. The molecule has 18 heavy (non-hydrogen) atoms. The zero-order valence-electron chi connectivity index (χ0n) is 10.7. The van der Waals surface area contributed by atoms with E-state index in [9.17, 15) is 14.4 Å². The summed E-state index contributed by atoms with van der Waals surface area (Å²) in [5.74, 6) is -1.19. The third kappa shape index (κ3) is 2.30. The number of nitrogens with one attached hydrogen (secondary N) is 1. The van der Waals surface area contributed by atoms with Crippen LogP contribution in [0.1, 0.15) is 26.7 Å². The van der Waals surface area contributed by atoms with E-state index in [0.29, 0.717) is 12.8 Å². The summed E-state index contributed by atoms with van der Waals surface area (Å²) in [6.45, 7) is 3.54. The number of carbonyl (C=O) groups excluding carboxylic acids is 3. The van der Waals surface area contributed by atoms with E-state index in [0.717, 1.165) is 4.90 Å². The fourth-order valence-corrected chi connectivity index (χ4v) is 2.54. The number of rotatable bonds is 3. The highest BCUT2D eigenvalue weighted by atomic mass is 16.2. The molecule has 0 unspecified atom stereocenters. The first-order chi connectivity index (χ1) is 8.50. The van der Waals surface area contributed by atoms with Gasteiger partial charge in [0.15, 0.2) is 0 Å². The van der Waals surface area contributed by atoms with Gasteiger partial charge in [0.2, 0.25) is 17.7 Å². The summed E-state index contributed by atoms with van der Waals surface area (Å²) in [6, 6.07) is 0.00857. The monoisotopic (exact) mass is 250 g/mol. The Kier molecular flexibility index (Phi) is 3.50. The van der Waals surface area contributed by atoms with Crippen LogP contribution in [0.2, 0.25) is 0 Å². The van der Waals surface area contributed by atoms with Gasteiger partial charge in [0.1, 0.15) is 6.54 Å². The van der Waals surface area contributed by atoms with Crippen LogP contribution >= 0.6 is 0 Å². The zero-order chi connectivity index (χ0) is 13.3. The average molecular weight is 250 g/mol. The minimum Gasteiger partial charge on any atom is -0.352 e. The molecule has 0 aromatic heterocycles. The number of amides is 3. The number of carbonyl (C=O) groups is 3. The first-order valence-corrected chi connectivity index (χ1v) is 6.30. The Labute approximate surface area is 106 Å². The van der Waals surface area contributed by atoms with Crippen molar-refractivity contribution in [3.05, 3.63) is 12.2 Å². The smallest absolute Gasteiger partial charge is 0.240 e. The molecule has 5 nitrogen and oxygen atoms in total. The maximum Gasteiger partial charge on any atom is 0.240 e. The summed E-state index contributed by atoms with van der Waals surface area (Å²) in [6.07, 6.45) is 5.09. The van der Waals surface area contributed by atoms with Crippen molar-refractivity contribution in [2.24, 2.45) is 11.8 Å². The Morgan fingerprint density at radius 3 is 2.22 bits per heavy atom. The molecule has 1 aliphatic carbocycles. The molecule has 5 heteroatoms. The minimum absolute atomic E-state index is 0.00857. The van der Waals surface area contributed by atoms with Gasteiger partial charge in [-0.05, 0) is 26.7 Å². The van der Waals surface area contributed by atoms with Crippen LogP contribution in [0.25, 0.3) is 0 Å². The van der Waals surface area contributed by atoms with Crippen LogP contribution in [-0.2, 0) is 14.4 Å². The molecule has 0 bridgehead atoms. The van der Waals surface area contributed by atoms with E-state index in [1.165, 1.54) is 0 Å². The number of allylic oxidation sites excluding steroid dienone is 2. The number of fused-ring (bicyclic) bond motifs is 1. The molecule has 0 aromatic rings. The largest absolute Gasteiger partial charge is 0.352 e. The van der Waals surface area contributed by atoms with Gasteiger partial charge in [-0.15, -0.1) is 0 Å². The van der Waals surface area contributed by atoms with Crippen molar-refractivity contribution in [3.8, 4) is 0 Å². The van der Waals surface area contributed by atoms with Crippen molar-refractivity contribution in [2.45, 2.75) is 32.7 Å². The van der Waals surface area contributed by atoms with Crippen molar-refractivity contribution in [3.63, 3.8) is 0 Å². The van der Waals surface area contributed by atoms with Crippen LogP contribution in [0, 0.1) is 11.8 Å². The Morgan fingerprint density at radius 2 is 1.78 bits per heavy atom. The molecule has 0 spiro atoms. The standard InChI is InChI=1S/C13H18N2O3/c1-8(2)14-11(16)7-15-12(17)9-5-3-4-6-10(9)13(15)18/h3-4,8-10H,5-7H2,1-2H3,(H,14,16)/t9-,10+. The molecule has 1 fully saturated rings. The van der Waals surface area contributed by atoms with Crippen molar-refractivity contribution >= 4 is 17.7 Å². The van der Waals surface area contributed by atoms with E-state index in [4.69, 9.17) is 0 Å². The molecule has 2 rings (SSSR count). The molecule has 0 aromatic carbocycles. The Balaban J connectivity index is 2.04. The second-order valence-corrected chi connectivity index (χ2v) is 5.14. The predicted molar refractivity (Wildman–Crippen MR) is 65.4 cm³/mol. The quantitative estimate of drug-likeness (QED) is 0.584.